The summed E-state index contributed by atoms with van der Waals surface area (Å²) in [4.78, 5) is 6.25. The Morgan fingerprint density at radius 3 is 2.61 bits per heavy atom. The summed E-state index contributed by atoms with van der Waals surface area (Å²) >= 11 is 3.54. The van der Waals surface area contributed by atoms with Crippen LogP contribution < -0.4 is 4.90 Å². The van der Waals surface area contributed by atoms with E-state index in [1.165, 1.54) is 11.1 Å². The fourth-order valence-corrected chi connectivity index (χ4v) is 2.82. The van der Waals surface area contributed by atoms with Gasteiger partial charge in [-0.25, -0.2) is 0 Å². The van der Waals surface area contributed by atoms with Crippen LogP contribution in [0.2, 0.25) is 0 Å². The van der Waals surface area contributed by atoms with Crippen molar-refractivity contribution in [2.75, 3.05) is 11.9 Å². The summed E-state index contributed by atoms with van der Waals surface area (Å²) in [5.41, 5.74) is 3.56. The van der Waals surface area contributed by atoms with Gasteiger partial charge in [0.05, 0.1) is 5.69 Å². The van der Waals surface area contributed by atoms with Crippen LogP contribution in [-0.4, -0.2) is 21.8 Å². The predicted molar refractivity (Wildman–Crippen MR) is 76.9 cm³/mol. The van der Waals surface area contributed by atoms with E-state index in [1.54, 1.807) is 0 Å². The molecule has 4 nitrogen and oxygen atoms in total. The Kier molecular flexibility index (Phi) is 4.01. The highest BCUT2D eigenvalue weighted by Crippen LogP contribution is 2.25. The van der Waals surface area contributed by atoms with E-state index in [0.717, 1.165) is 23.4 Å². The Morgan fingerprint density at radius 1 is 1.33 bits per heavy atom. The number of anilines is 1. The van der Waals surface area contributed by atoms with E-state index < -0.39 is 0 Å². The fourth-order valence-electron chi connectivity index (χ4n) is 2.16. The number of pyridine rings is 1. The van der Waals surface area contributed by atoms with Crippen molar-refractivity contribution in [3.63, 3.8) is 0 Å². The molecule has 0 aliphatic carbocycles. The van der Waals surface area contributed by atoms with Gasteiger partial charge in [0, 0.05) is 43.9 Å². The molecule has 0 spiro atoms. The highest BCUT2D eigenvalue weighted by Gasteiger charge is 2.15. The normalized spacial score (nSPS) is 10.7. The molecule has 0 radical (unpaired) electrons. The molecular formula is C13H17BrN4. The molecular weight excluding hydrogens is 292 g/mol. The highest BCUT2D eigenvalue weighted by atomic mass is 79.9. The Balaban J connectivity index is 2.26. The van der Waals surface area contributed by atoms with Crippen LogP contribution in [0.15, 0.2) is 24.5 Å². The maximum absolute atomic E-state index is 4.48. The molecule has 2 heterocycles. The van der Waals surface area contributed by atoms with Crippen molar-refractivity contribution >= 4 is 21.7 Å². The molecule has 0 atom stereocenters. The topological polar surface area (TPSA) is 34.0 Å². The molecule has 0 aliphatic rings. The zero-order valence-electron chi connectivity index (χ0n) is 10.9. The number of rotatable bonds is 4. The van der Waals surface area contributed by atoms with Crippen LogP contribution in [0.3, 0.4) is 0 Å². The molecule has 0 aliphatic heterocycles. The first-order chi connectivity index (χ1) is 8.63. The molecule has 0 bridgehead atoms. The first-order valence-corrected chi connectivity index (χ1v) is 6.94. The van der Waals surface area contributed by atoms with Crippen molar-refractivity contribution in [2.24, 2.45) is 7.05 Å². The predicted octanol–water partition coefficient (Wildman–Crippen LogP) is 2.65. The number of alkyl halides is 1. The molecule has 0 N–H and O–H groups in total. The van der Waals surface area contributed by atoms with Crippen LogP contribution in [-0.2, 0) is 18.9 Å². The number of halogens is 1. The fraction of sp³-hybridized carbons (Fsp3) is 0.385. The largest absolute Gasteiger partial charge is 0.355 e. The van der Waals surface area contributed by atoms with E-state index in [-0.39, 0.29) is 0 Å². The molecule has 2 rings (SSSR count). The van der Waals surface area contributed by atoms with Crippen LogP contribution in [0.25, 0.3) is 0 Å². The Morgan fingerprint density at radius 2 is 2.00 bits per heavy atom. The van der Waals surface area contributed by atoms with Gasteiger partial charge >= 0.3 is 0 Å². The van der Waals surface area contributed by atoms with Crippen LogP contribution in [0.1, 0.15) is 16.8 Å². The Labute approximate surface area is 116 Å². The number of hydrogen-bond acceptors (Lipinski definition) is 3. The lowest BCUT2D eigenvalue weighted by molar-refractivity contribution is 0.726. The molecule has 0 saturated heterocycles. The Bertz CT molecular complexity index is 521. The zero-order valence-corrected chi connectivity index (χ0v) is 12.5. The van der Waals surface area contributed by atoms with Gasteiger partial charge in [0.15, 0.2) is 0 Å². The van der Waals surface area contributed by atoms with Gasteiger partial charge in [0.25, 0.3) is 0 Å². The molecule has 0 amide bonds. The lowest BCUT2D eigenvalue weighted by Crippen LogP contribution is -2.20. The van der Waals surface area contributed by atoms with Crippen LogP contribution in [0.5, 0.6) is 0 Å². The van der Waals surface area contributed by atoms with Crippen molar-refractivity contribution in [3.8, 4) is 0 Å². The summed E-state index contributed by atoms with van der Waals surface area (Å²) in [7, 11) is 4.07. The summed E-state index contributed by atoms with van der Waals surface area (Å²) in [6.45, 7) is 2.89. The minimum atomic E-state index is 0.822. The van der Waals surface area contributed by atoms with Gasteiger partial charge in [0.1, 0.15) is 5.82 Å². The van der Waals surface area contributed by atoms with Crippen LogP contribution in [0.4, 0.5) is 5.82 Å². The van der Waals surface area contributed by atoms with Crippen molar-refractivity contribution < 1.29 is 0 Å². The molecule has 0 fully saturated rings. The number of nitrogens with zero attached hydrogens (tertiary/aromatic N) is 4. The molecule has 0 aromatic carbocycles. The summed E-state index contributed by atoms with van der Waals surface area (Å²) < 4.78 is 1.94. The van der Waals surface area contributed by atoms with E-state index in [9.17, 15) is 0 Å². The molecule has 5 heteroatoms. The van der Waals surface area contributed by atoms with Crippen molar-refractivity contribution in [1.29, 1.82) is 0 Å². The highest BCUT2D eigenvalue weighted by molar-refractivity contribution is 9.08. The third-order valence-electron chi connectivity index (χ3n) is 2.98. The molecule has 2 aromatic heterocycles. The quantitative estimate of drug-likeness (QED) is 0.814. The van der Waals surface area contributed by atoms with Crippen molar-refractivity contribution in [1.82, 2.24) is 14.8 Å². The van der Waals surface area contributed by atoms with Crippen LogP contribution >= 0.6 is 15.9 Å². The summed E-state index contributed by atoms with van der Waals surface area (Å²) in [5, 5.41) is 5.30. The Hall–Kier alpha value is -1.36. The number of aromatic nitrogens is 3. The second kappa shape index (κ2) is 5.52. The molecule has 0 saturated carbocycles. The van der Waals surface area contributed by atoms with E-state index in [1.807, 2.05) is 43.2 Å². The maximum Gasteiger partial charge on any atom is 0.130 e. The first-order valence-electron chi connectivity index (χ1n) is 5.82. The maximum atomic E-state index is 4.48. The van der Waals surface area contributed by atoms with E-state index in [2.05, 4.69) is 38.0 Å². The van der Waals surface area contributed by atoms with Gasteiger partial charge in [0.2, 0.25) is 0 Å². The lowest BCUT2D eigenvalue weighted by atomic mass is 10.2. The monoisotopic (exact) mass is 308 g/mol. The standard InChI is InChI=1S/C13H17BrN4/c1-10-12(8-14)13(18(3)16-10)17(2)9-11-4-6-15-7-5-11/h4-7H,8-9H2,1-3H3. The van der Waals surface area contributed by atoms with Gasteiger partial charge < -0.3 is 4.90 Å². The molecule has 96 valence electrons. The minimum absolute atomic E-state index is 0.822. The van der Waals surface area contributed by atoms with Gasteiger partial charge in [-0.3, -0.25) is 9.67 Å². The second-order valence-corrected chi connectivity index (χ2v) is 4.92. The number of hydrogen-bond donors (Lipinski definition) is 0. The number of aryl methyl sites for hydroxylation is 2. The third kappa shape index (κ3) is 2.56. The summed E-state index contributed by atoms with van der Waals surface area (Å²) in [6.07, 6.45) is 3.64. The lowest BCUT2D eigenvalue weighted by Gasteiger charge is -2.20. The smallest absolute Gasteiger partial charge is 0.130 e. The van der Waals surface area contributed by atoms with Crippen molar-refractivity contribution in [2.45, 2.75) is 18.8 Å². The zero-order chi connectivity index (χ0) is 13.1. The van der Waals surface area contributed by atoms with E-state index >= 15 is 0 Å². The van der Waals surface area contributed by atoms with E-state index in [0.29, 0.717) is 0 Å². The SMILES string of the molecule is Cc1nn(C)c(N(C)Cc2ccncc2)c1CBr. The second-order valence-electron chi connectivity index (χ2n) is 4.36. The van der Waals surface area contributed by atoms with Gasteiger partial charge in [-0.2, -0.15) is 5.10 Å². The third-order valence-corrected chi connectivity index (χ3v) is 3.54. The minimum Gasteiger partial charge on any atom is -0.355 e. The first kappa shape index (κ1) is 13.1. The van der Waals surface area contributed by atoms with Gasteiger partial charge in [-0.05, 0) is 24.6 Å². The van der Waals surface area contributed by atoms with E-state index in [4.69, 9.17) is 0 Å². The molecule has 0 unspecified atom stereocenters. The molecule has 2 aromatic rings. The summed E-state index contributed by atoms with van der Waals surface area (Å²) in [6, 6.07) is 4.07. The average Bonchev–Trinajstić information content (AvgIpc) is 2.64. The van der Waals surface area contributed by atoms with Gasteiger partial charge in [-0.15, -0.1) is 0 Å². The van der Waals surface area contributed by atoms with Crippen LogP contribution in [0, 0.1) is 6.92 Å². The molecule has 18 heavy (non-hydrogen) atoms. The van der Waals surface area contributed by atoms with Gasteiger partial charge in [-0.1, -0.05) is 15.9 Å². The average molecular weight is 309 g/mol. The summed E-state index contributed by atoms with van der Waals surface area (Å²) in [5.74, 6) is 1.15. The van der Waals surface area contributed by atoms with Crippen molar-refractivity contribution in [3.05, 3.63) is 41.3 Å².